The SMILES string of the molecule is CCc1nc2sc(N3CCC(N(C)CC(=O)NCC(=O)OC)C3)nn2c1N(C)c1nc(-c2ccc(F)cc2)c(C#N)s1. The predicted molar refractivity (Wildman–Crippen MR) is 159 cm³/mol. The van der Waals surface area contributed by atoms with Crippen LogP contribution in [0.5, 0.6) is 0 Å². The standard InChI is InChI=1S/C27H30FN9O3S2/c1-5-19-24(35(3)25-32-23(20(12-29)41-25)16-6-8-17(28)9-7-16)37-26(31-19)42-27(33-37)36-11-10-18(14-36)34(2)15-21(38)30-13-22(39)40-4/h6-9,18H,5,10-11,13-15H2,1-4H3,(H,30,38). The number of ether oxygens (including phenoxy) is 1. The van der Waals surface area contributed by atoms with Crippen LogP contribution in [-0.4, -0.2) is 89.8 Å². The number of methoxy groups -OCH3 is 1. The molecule has 1 aliphatic heterocycles. The number of nitrogens with one attached hydrogen (secondary N) is 1. The monoisotopic (exact) mass is 611 g/mol. The van der Waals surface area contributed by atoms with Crippen LogP contribution in [0.3, 0.4) is 0 Å². The minimum atomic E-state index is -0.489. The number of anilines is 3. The largest absolute Gasteiger partial charge is 0.468 e. The fourth-order valence-corrected chi connectivity index (χ4v) is 6.62. The number of aryl methyl sites for hydroxylation is 1. The Morgan fingerprint density at radius 2 is 2.00 bits per heavy atom. The lowest BCUT2D eigenvalue weighted by atomic mass is 10.1. The molecule has 1 N–H and O–H groups in total. The van der Waals surface area contributed by atoms with Gasteiger partial charge in [-0.1, -0.05) is 29.6 Å². The quantitative estimate of drug-likeness (QED) is 0.267. The first-order chi connectivity index (χ1) is 20.2. The van der Waals surface area contributed by atoms with Crippen molar-refractivity contribution in [1.29, 1.82) is 5.26 Å². The van der Waals surface area contributed by atoms with E-state index in [1.807, 2.05) is 35.3 Å². The van der Waals surface area contributed by atoms with Gasteiger partial charge in [0.2, 0.25) is 16.0 Å². The van der Waals surface area contributed by atoms with Crippen LogP contribution in [0.4, 0.5) is 20.5 Å². The second-order valence-corrected chi connectivity index (χ2v) is 11.7. The lowest BCUT2D eigenvalue weighted by molar-refractivity contribution is -0.141. The normalized spacial score (nSPS) is 14.9. The van der Waals surface area contributed by atoms with E-state index in [9.17, 15) is 19.2 Å². The summed E-state index contributed by atoms with van der Waals surface area (Å²) < 4.78 is 19.9. The molecule has 5 rings (SSSR count). The van der Waals surface area contributed by atoms with Gasteiger partial charge in [-0.25, -0.2) is 14.4 Å². The molecule has 1 amide bonds. The van der Waals surface area contributed by atoms with Crippen molar-refractivity contribution in [3.8, 4) is 17.3 Å². The van der Waals surface area contributed by atoms with E-state index in [4.69, 9.17) is 15.1 Å². The smallest absolute Gasteiger partial charge is 0.325 e. The summed E-state index contributed by atoms with van der Waals surface area (Å²) in [6, 6.07) is 8.30. The number of fused-ring (bicyclic) bond motifs is 1. The second-order valence-electron chi connectivity index (χ2n) is 9.82. The van der Waals surface area contributed by atoms with Crippen LogP contribution in [-0.2, 0) is 20.7 Å². The van der Waals surface area contributed by atoms with E-state index >= 15 is 0 Å². The number of benzene rings is 1. The molecular formula is C27H30FN9O3S2. The van der Waals surface area contributed by atoms with E-state index in [2.05, 4.69) is 21.0 Å². The first-order valence-electron chi connectivity index (χ1n) is 13.3. The molecule has 0 aliphatic carbocycles. The van der Waals surface area contributed by atoms with Crippen LogP contribution in [0.1, 0.15) is 23.9 Å². The highest BCUT2D eigenvalue weighted by atomic mass is 32.1. The highest BCUT2D eigenvalue weighted by Gasteiger charge is 2.30. The molecule has 1 atom stereocenters. The molecule has 4 aromatic rings. The van der Waals surface area contributed by atoms with Gasteiger partial charge >= 0.3 is 5.97 Å². The van der Waals surface area contributed by atoms with E-state index in [1.165, 1.54) is 41.9 Å². The Bertz CT molecular complexity index is 1640. The molecule has 220 valence electrons. The summed E-state index contributed by atoms with van der Waals surface area (Å²) in [5.41, 5.74) is 2.04. The van der Waals surface area contributed by atoms with E-state index in [-0.39, 0.29) is 30.9 Å². The number of nitriles is 1. The minimum absolute atomic E-state index is 0.142. The topological polar surface area (TPSA) is 132 Å². The van der Waals surface area contributed by atoms with Crippen molar-refractivity contribution >= 4 is 55.6 Å². The van der Waals surface area contributed by atoms with Gasteiger partial charge in [0.15, 0.2) is 10.9 Å². The second kappa shape index (κ2) is 12.4. The summed E-state index contributed by atoms with van der Waals surface area (Å²) in [5, 5.41) is 18.7. The van der Waals surface area contributed by atoms with Gasteiger partial charge in [0.1, 0.15) is 29.0 Å². The molecule has 3 aromatic heterocycles. The summed E-state index contributed by atoms with van der Waals surface area (Å²) in [4.78, 5) is 40.4. The number of aromatic nitrogens is 4. The summed E-state index contributed by atoms with van der Waals surface area (Å²) in [7, 11) is 5.05. The number of carbonyl (C=O) groups excluding carboxylic acids is 2. The Labute approximate surface area is 249 Å². The third-order valence-corrected chi connectivity index (χ3v) is 9.13. The van der Waals surface area contributed by atoms with E-state index in [0.717, 1.165) is 34.6 Å². The number of halogens is 1. The third kappa shape index (κ3) is 5.91. The van der Waals surface area contributed by atoms with Crippen molar-refractivity contribution in [1.82, 2.24) is 29.8 Å². The molecule has 1 fully saturated rings. The highest BCUT2D eigenvalue weighted by molar-refractivity contribution is 7.20. The minimum Gasteiger partial charge on any atom is -0.468 e. The number of rotatable bonds is 10. The molecule has 1 aromatic carbocycles. The highest BCUT2D eigenvalue weighted by Crippen LogP contribution is 2.38. The molecule has 0 radical (unpaired) electrons. The molecule has 12 nitrogen and oxygen atoms in total. The summed E-state index contributed by atoms with van der Waals surface area (Å²) in [6.07, 6.45) is 1.54. The summed E-state index contributed by atoms with van der Waals surface area (Å²) >= 11 is 2.76. The molecule has 4 heterocycles. The van der Waals surface area contributed by atoms with Gasteiger partial charge in [0.25, 0.3) is 0 Å². The zero-order valence-corrected chi connectivity index (χ0v) is 25.3. The van der Waals surface area contributed by atoms with Crippen molar-refractivity contribution in [2.75, 3.05) is 57.2 Å². The maximum absolute atomic E-state index is 13.5. The zero-order valence-electron chi connectivity index (χ0n) is 23.6. The first kappa shape index (κ1) is 29.4. The van der Waals surface area contributed by atoms with Crippen LogP contribution in [0, 0.1) is 17.1 Å². The predicted octanol–water partition coefficient (Wildman–Crippen LogP) is 3.06. The number of carbonyl (C=O) groups is 2. The number of imidazole rings is 1. The van der Waals surface area contributed by atoms with Crippen molar-refractivity contribution < 1.29 is 18.7 Å². The molecule has 42 heavy (non-hydrogen) atoms. The van der Waals surface area contributed by atoms with Gasteiger partial charge in [-0.2, -0.15) is 9.78 Å². The van der Waals surface area contributed by atoms with E-state index in [0.29, 0.717) is 34.2 Å². The molecule has 0 saturated carbocycles. The summed E-state index contributed by atoms with van der Waals surface area (Å²) in [6.45, 7) is 3.52. The van der Waals surface area contributed by atoms with Crippen molar-refractivity contribution in [3.63, 3.8) is 0 Å². The molecule has 1 saturated heterocycles. The fraction of sp³-hybridized carbons (Fsp3) is 0.407. The Hall–Kier alpha value is -4.13. The number of hydrogen-bond acceptors (Lipinski definition) is 12. The molecular weight excluding hydrogens is 581 g/mol. The van der Waals surface area contributed by atoms with Gasteiger partial charge in [-0.3, -0.25) is 14.5 Å². The van der Waals surface area contributed by atoms with Gasteiger partial charge in [0, 0.05) is 31.7 Å². The fourth-order valence-electron chi connectivity index (χ4n) is 4.82. The lowest BCUT2D eigenvalue weighted by Gasteiger charge is -2.23. The van der Waals surface area contributed by atoms with Gasteiger partial charge in [-0.05, 0) is 44.2 Å². The lowest BCUT2D eigenvalue weighted by Crippen LogP contribution is -2.43. The van der Waals surface area contributed by atoms with E-state index in [1.54, 1.807) is 12.1 Å². The number of thiazole rings is 1. The van der Waals surface area contributed by atoms with E-state index < -0.39 is 5.97 Å². The van der Waals surface area contributed by atoms with Crippen molar-refractivity contribution in [3.05, 3.63) is 40.7 Å². The number of esters is 1. The molecule has 15 heteroatoms. The van der Waals surface area contributed by atoms with Crippen LogP contribution in [0.15, 0.2) is 24.3 Å². The number of hydrogen-bond donors (Lipinski definition) is 1. The first-order valence-corrected chi connectivity index (χ1v) is 14.9. The van der Waals surface area contributed by atoms with Crippen molar-refractivity contribution in [2.45, 2.75) is 25.8 Å². The van der Waals surface area contributed by atoms with Crippen molar-refractivity contribution in [2.24, 2.45) is 0 Å². The van der Waals surface area contributed by atoms with Gasteiger partial charge in [0.05, 0.1) is 19.3 Å². The summed E-state index contributed by atoms with van der Waals surface area (Å²) in [5.74, 6) is -0.306. The zero-order chi connectivity index (χ0) is 30.0. The molecule has 0 bridgehead atoms. The average molecular weight is 612 g/mol. The van der Waals surface area contributed by atoms with Gasteiger partial charge < -0.3 is 19.9 Å². The maximum Gasteiger partial charge on any atom is 0.325 e. The van der Waals surface area contributed by atoms with Crippen LogP contribution in [0.2, 0.25) is 0 Å². The number of likely N-dealkylation sites (N-methyl/N-ethyl adjacent to an activating group) is 1. The Balaban J connectivity index is 1.34. The Kier molecular flexibility index (Phi) is 8.66. The van der Waals surface area contributed by atoms with Gasteiger partial charge in [-0.15, -0.1) is 5.10 Å². The molecule has 1 aliphatic rings. The third-order valence-electron chi connectivity index (χ3n) is 7.12. The van der Waals surface area contributed by atoms with Crippen LogP contribution >= 0.6 is 22.7 Å². The maximum atomic E-state index is 13.5. The van der Waals surface area contributed by atoms with Crippen LogP contribution in [0.25, 0.3) is 16.2 Å². The number of nitrogens with zero attached hydrogens (tertiary/aromatic N) is 8. The Morgan fingerprint density at radius 1 is 1.24 bits per heavy atom. The van der Waals surface area contributed by atoms with Crippen LogP contribution < -0.4 is 15.1 Å². The average Bonchev–Trinajstić information content (AvgIpc) is 3.78. The molecule has 1 unspecified atom stereocenters. The molecule has 0 spiro atoms. The Morgan fingerprint density at radius 3 is 2.69 bits per heavy atom. The number of amides is 1.